The SMILES string of the molecule is COCCOc1cnc2c(c1)C1OC1NC=C2. The number of ether oxygens (including phenoxy) is 3. The van der Waals surface area contributed by atoms with E-state index in [1.54, 1.807) is 13.3 Å². The molecule has 0 aromatic carbocycles. The Morgan fingerprint density at radius 3 is 3.29 bits per heavy atom. The predicted octanol–water partition coefficient (Wildman–Crippen LogP) is 1.08. The number of epoxide rings is 1. The molecule has 2 unspecified atom stereocenters. The first-order valence-electron chi connectivity index (χ1n) is 5.58. The van der Waals surface area contributed by atoms with Crippen molar-refractivity contribution in [2.24, 2.45) is 0 Å². The molecule has 0 aliphatic carbocycles. The van der Waals surface area contributed by atoms with E-state index in [1.807, 2.05) is 18.3 Å². The Morgan fingerprint density at radius 2 is 2.41 bits per heavy atom. The molecular weight excluding hydrogens is 220 g/mol. The number of hydrogen-bond acceptors (Lipinski definition) is 5. The molecule has 90 valence electrons. The summed E-state index contributed by atoms with van der Waals surface area (Å²) in [6.45, 7) is 1.10. The predicted molar refractivity (Wildman–Crippen MR) is 61.4 cm³/mol. The molecule has 3 heterocycles. The number of pyridine rings is 1. The summed E-state index contributed by atoms with van der Waals surface area (Å²) in [5.74, 6) is 0.755. The average molecular weight is 234 g/mol. The fraction of sp³-hybridized carbons (Fsp3) is 0.417. The van der Waals surface area contributed by atoms with Crippen molar-refractivity contribution in [1.29, 1.82) is 0 Å². The van der Waals surface area contributed by atoms with Gasteiger partial charge in [-0.3, -0.25) is 4.98 Å². The summed E-state index contributed by atoms with van der Waals surface area (Å²) in [6, 6.07) is 1.99. The van der Waals surface area contributed by atoms with Crippen LogP contribution in [0.1, 0.15) is 17.4 Å². The van der Waals surface area contributed by atoms with Gasteiger partial charge in [-0.05, 0) is 12.1 Å². The van der Waals surface area contributed by atoms with Crippen molar-refractivity contribution in [3.05, 3.63) is 29.7 Å². The quantitative estimate of drug-likeness (QED) is 0.624. The molecule has 3 rings (SSSR count). The van der Waals surface area contributed by atoms with Gasteiger partial charge in [0.25, 0.3) is 0 Å². The standard InChI is InChI=1S/C12H14N2O3/c1-15-4-5-16-8-6-9-10(14-7-8)2-3-13-12-11(9)17-12/h2-3,6-7,11-13H,4-5H2,1H3. The monoisotopic (exact) mass is 234 g/mol. The molecule has 0 bridgehead atoms. The van der Waals surface area contributed by atoms with Crippen LogP contribution in [0, 0.1) is 0 Å². The second-order valence-corrected chi connectivity index (χ2v) is 3.96. The summed E-state index contributed by atoms with van der Waals surface area (Å²) < 4.78 is 15.9. The van der Waals surface area contributed by atoms with E-state index in [0.29, 0.717) is 13.2 Å². The summed E-state index contributed by atoms with van der Waals surface area (Å²) in [5, 5.41) is 3.13. The zero-order valence-corrected chi connectivity index (χ0v) is 9.55. The van der Waals surface area contributed by atoms with Crippen LogP contribution in [-0.4, -0.2) is 31.5 Å². The second kappa shape index (κ2) is 4.35. The zero-order valence-electron chi connectivity index (χ0n) is 9.55. The van der Waals surface area contributed by atoms with Gasteiger partial charge in [-0.2, -0.15) is 0 Å². The number of fused-ring (bicyclic) bond motifs is 3. The fourth-order valence-corrected chi connectivity index (χ4v) is 1.86. The first kappa shape index (κ1) is 10.6. The van der Waals surface area contributed by atoms with Gasteiger partial charge >= 0.3 is 0 Å². The van der Waals surface area contributed by atoms with Crippen LogP contribution in [0.4, 0.5) is 0 Å². The average Bonchev–Trinajstić information content (AvgIpc) is 3.10. The van der Waals surface area contributed by atoms with Crippen molar-refractivity contribution >= 4 is 6.08 Å². The lowest BCUT2D eigenvalue weighted by molar-refractivity contribution is 0.146. The maximum Gasteiger partial charge on any atom is 0.159 e. The molecule has 1 fully saturated rings. The Balaban J connectivity index is 1.79. The van der Waals surface area contributed by atoms with Crippen LogP contribution < -0.4 is 10.1 Å². The van der Waals surface area contributed by atoms with Crippen LogP contribution in [0.25, 0.3) is 6.08 Å². The number of aromatic nitrogens is 1. The van der Waals surface area contributed by atoms with Gasteiger partial charge < -0.3 is 19.5 Å². The minimum absolute atomic E-state index is 0.0866. The lowest BCUT2D eigenvalue weighted by Crippen LogP contribution is -2.08. The van der Waals surface area contributed by atoms with Crippen LogP contribution >= 0.6 is 0 Å². The first-order chi connectivity index (χ1) is 8.38. The Morgan fingerprint density at radius 1 is 1.47 bits per heavy atom. The van der Waals surface area contributed by atoms with Crippen LogP contribution in [0.2, 0.25) is 0 Å². The highest BCUT2D eigenvalue weighted by Crippen LogP contribution is 2.41. The first-order valence-corrected chi connectivity index (χ1v) is 5.58. The van der Waals surface area contributed by atoms with Crippen molar-refractivity contribution in [2.45, 2.75) is 12.3 Å². The molecule has 2 aliphatic heterocycles. The molecule has 0 saturated carbocycles. The maximum atomic E-state index is 5.53. The fourth-order valence-electron chi connectivity index (χ4n) is 1.86. The Kier molecular flexibility index (Phi) is 2.70. The summed E-state index contributed by atoms with van der Waals surface area (Å²) in [7, 11) is 1.65. The maximum absolute atomic E-state index is 5.53. The molecule has 0 amide bonds. The second-order valence-electron chi connectivity index (χ2n) is 3.96. The van der Waals surface area contributed by atoms with Crippen LogP contribution in [0.3, 0.4) is 0 Å². The lowest BCUT2D eigenvalue weighted by Gasteiger charge is -2.07. The highest BCUT2D eigenvalue weighted by atomic mass is 16.6. The highest BCUT2D eigenvalue weighted by molar-refractivity contribution is 5.54. The van der Waals surface area contributed by atoms with Gasteiger partial charge in [-0.15, -0.1) is 0 Å². The number of rotatable bonds is 4. The van der Waals surface area contributed by atoms with Crippen molar-refractivity contribution < 1.29 is 14.2 Å². The highest BCUT2D eigenvalue weighted by Gasteiger charge is 2.42. The van der Waals surface area contributed by atoms with E-state index >= 15 is 0 Å². The van der Waals surface area contributed by atoms with E-state index in [0.717, 1.165) is 17.0 Å². The van der Waals surface area contributed by atoms with Crippen molar-refractivity contribution in [1.82, 2.24) is 10.3 Å². The van der Waals surface area contributed by atoms with Crippen LogP contribution in [-0.2, 0) is 9.47 Å². The van der Waals surface area contributed by atoms with Gasteiger partial charge in [0.05, 0.1) is 18.5 Å². The van der Waals surface area contributed by atoms with E-state index in [-0.39, 0.29) is 12.3 Å². The van der Waals surface area contributed by atoms with Crippen molar-refractivity contribution in [2.75, 3.05) is 20.3 Å². The molecule has 1 aromatic heterocycles. The van der Waals surface area contributed by atoms with Crippen LogP contribution in [0.5, 0.6) is 5.75 Å². The third kappa shape index (κ3) is 2.11. The number of methoxy groups -OCH3 is 1. The van der Waals surface area contributed by atoms with Gasteiger partial charge in [0.1, 0.15) is 18.5 Å². The largest absolute Gasteiger partial charge is 0.490 e. The smallest absolute Gasteiger partial charge is 0.159 e. The van der Waals surface area contributed by atoms with Crippen LogP contribution in [0.15, 0.2) is 18.5 Å². The van der Waals surface area contributed by atoms with Gasteiger partial charge in [0.2, 0.25) is 0 Å². The lowest BCUT2D eigenvalue weighted by atomic mass is 10.1. The Labute approximate surface area is 99.4 Å². The van der Waals surface area contributed by atoms with Gasteiger partial charge in [-0.1, -0.05) is 0 Å². The summed E-state index contributed by atoms with van der Waals surface area (Å²) in [5.41, 5.74) is 2.01. The van der Waals surface area contributed by atoms with E-state index in [1.165, 1.54) is 0 Å². The van der Waals surface area contributed by atoms with Crippen molar-refractivity contribution in [3.8, 4) is 5.75 Å². The molecule has 1 saturated heterocycles. The van der Waals surface area contributed by atoms with E-state index < -0.39 is 0 Å². The van der Waals surface area contributed by atoms with Crippen molar-refractivity contribution in [3.63, 3.8) is 0 Å². The van der Waals surface area contributed by atoms with E-state index in [4.69, 9.17) is 14.2 Å². The molecule has 1 N–H and O–H groups in total. The molecule has 5 heteroatoms. The number of hydrogen-bond donors (Lipinski definition) is 1. The molecule has 2 aliphatic rings. The molecule has 0 spiro atoms. The third-order valence-electron chi connectivity index (χ3n) is 2.78. The third-order valence-corrected chi connectivity index (χ3v) is 2.78. The molecule has 0 radical (unpaired) electrons. The molecule has 5 nitrogen and oxygen atoms in total. The zero-order chi connectivity index (χ0) is 11.7. The molecular formula is C12H14N2O3. The summed E-state index contributed by atoms with van der Waals surface area (Å²) in [4.78, 5) is 4.36. The topological polar surface area (TPSA) is 55.9 Å². The van der Waals surface area contributed by atoms with E-state index in [9.17, 15) is 0 Å². The van der Waals surface area contributed by atoms with Gasteiger partial charge in [0.15, 0.2) is 6.23 Å². The summed E-state index contributed by atoms with van der Waals surface area (Å²) >= 11 is 0. The number of nitrogens with zero attached hydrogens (tertiary/aromatic N) is 1. The minimum Gasteiger partial charge on any atom is -0.490 e. The Hall–Kier alpha value is -1.59. The van der Waals surface area contributed by atoms with E-state index in [2.05, 4.69) is 10.3 Å². The molecule has 1 aromatic rings. The summed E-state index contributed by atoms with van der Waals surface area (Å²) in [6.07, 6.45) is 5.72. The number of nitrogens with one attached hydrogen (secondary N) is 1. The normalized spacial score (nSPS) is 24.3. The molecule has 17 heavy (non-hydrogen) atoms. The molecule has 2 atom stereocenters. The van der Waals surface area contributed by atoms with Gasteiger partial charge in [0, 0.05) is 18.9 Å². The Bertz CT molecular complexity index is 447. The van der Waals surface area contributed by atoms with Gasteiger partial charge in [-0.25, -0.2) is 0 Å². The minimum atomic E-state index is 0.0866.